The van der Waals surface area contributed by atoms with Gasteiger partial charge in [0.2, 0.25) is 0 Å². The Morgan fingerprint density at radius 3 is 2.48 bits per heavy atom. The van der Waals surface area contributed by atoms with Crippen molar-refractivity contribution in [3.8, 4) is 11.3 Å². The number of hydrogen-bond acceptors (Lipinski definition) is 3. The number of alkyl halides is 3. The molecule has 0 saturated heterocycles. The summed E-state index contributed by atoms with van der Waals surface area (Å²) < 4.78 is 38.6. The highest BCUT2D eigenvalue weighted by atomic mass is 19.4. The van der Waals surface area contributed by atoms with Crippen LogP contribution < -0.4 is 0 Å². The summed E-state index contributed by atoms with van der Waals surface area (Å²) in [6.07, 6.45) is -3.27. The zero-order valence-electron chi connectivity index (χ0n) is 11.5. The van der Waals surface area contributed by atoms with Gasteiger partial charge in [0.15, 0.2) is 0 Å². The molecular weight excluding hydrogens is 309 g/mol. The van der Waals surface area contributed by atoms with E-state index in [-0.39, 0.29) is 5.56 Å². The Balaban J connectivity index is 2.25. The number of nitro groups is 1. The van der Waals surface area contributed by atoms with E-state index in [4.69, 9.17) is 0 Å². The molecule has 0 bridgehead atoms. The quantitative estimate of drug-likeness (QED) is 0.502. The predicted octanol–water partition coefficient (Wildman–Crippen LogP) is 4.83. The van der Waals surface area contributed by atoms with Gasteiger partial charge < -0.3 is 0 Å². The highest BCUT2D eigenvalue weighted by Gasteiger charge is 2.38. The third kappa shape index (κ3) is 2.73. The highest BCUT2D eigenvalue weighted by molar-refractivity contribution is 5.94. The fraction of sp³-hybridized carbons (Fsp3) is 0.0625. The number of hydrogen-bond donors (Lipinski definition) is 0. The highest BCUT2D eigenvalue weighted by Crippen LogP contribution is 2.38. The van der Waals surface area contributed by atoms with Gasteiger partial charge in [-0.05, 0) is 17.5 Å². The maximum absolute atomic E-state index is 12.9. The van der Waals surface area contributed by atoms with Crippen molar-refractivity contribution >= 4 is 16.5 Å². The van der Waals surface area contributed by atoms with Crippen LogP contribution in [0.3, 0.4) is 0 Å². The molecule has 0 aliphatic rings. The Kier molecular flexibility index (Phi) is 3.48. The predicted molar refractivity (Wildman–Crippen MR) is 78.8 cm³/mol. The van der Waals surface area contributed by atoms with Crippen LogP contribution in [-0.4, -0.2) is 9.91 Å². The van der Waals surface area contributed by atoms with Crippen LogP contribution in [0.4, 0.5) is 18.9 Å². The Hall–Kier alpha value is -2.96. The molecule has 116 valence electrons. The van der Waals surface area contributed by atoms with Gasteiger partial charge >= 0.3 is 6.18 Å². The second kappa shape index (κ2) is 5.35. The minimum atomic E-state index is -4.78. The second-order valence-corrected chi connectivity index (χ2v) is 4.87. The largest absolute Gasteiger partial charge is 0.422 e. The molecule has 0 unspecified atom stereocenters. The zero-order chi connectivity index (χ0) is 16.6. The first-order chi connectivity index (χ1) is 10.9. The number of nitrogens with zero attached hydrogens (tertiary/aromatic N) is 2. The minimum absolute atomic E-state index is 0.265. The molecule has 0 spiro atoms. The number of halogens is 3. The number of pyridine rings is 1. The van der Waals surface area contributed by atoms with Crippen molar-refractivity contribution in [2.75, 3.05) is 0 Å². The lowest BCUT2D eigenvalue weighted by Gasteiger charge is -2.10. The normalized spacial score (nSPS) is 11.6. The maximum atomic E-state index is 12.9. The van der Waals surface area contributed by atoms with Gasteiger partial charge in [0.05, 0.1) is 10.6 Å². The van der Waals surface area contributed by atoms with Crippen molar-refractivity contribution in [3.05, 3.63) is 70.4 Å². The van der Waals surface area contributed by atoms with Crippen LogP contribution in [0.25, 0.3) is 22.0 Å². The van der Waals surface area contributed by atoms with Crippen molar-refractivity contribution in [3.63, 3.8) is 0 Å². The first-order valence-corrected chi connectivity index (χ1v) is 6.57. The summed E-state index contributed by atoms with van der Waals surface area (Å²) in [5.74, 6) is 0. The molecule has 0 N–H and O–H groups in total. The van der Waals surface area contributed by atoms with Crippen LogP contribution in [0.2, 0.25) is 0 Å². The summed E-state index contributed by atoms with van der Waals surface area (Å²) >= 11 is 0. The number of aromatic nitrogens is 1. The molecule has 7 heteroatoms. The summed E-state index contributed by atoms with van der Waals surface area (Å²) in [7, 11) is 0. The zero-order valence-corrected chi connectivity index (χ0v) is 11.5. The SMILES string of the molecule is O=[N+]([O-])c1cc(-c2nccc3ccccc23)ccc1C(F)(F)F. The second-order valence-electron chi connectivity index (χ2n) is 4.87. The van der Waals surface area contributed by atoms with Crippen molar-refractivity contribution in [2.45, 2.75) is 6.18 Å². The lowest BCUT2D eigenvalue weighted by atomic mass is 10.0. The molecule has 3 rings (SSSR count). The number of fused-ring (bicyclic) bond motifs is 1. The van der Waals surface area contributed by atoms with E-state index in [2.05, 4.69) is 4.98 Å². The van der Waals surface area contributed by atoms with Gasteiger partial charge in [0, 0.05) is 23.2 Å². The molecule has 1 aromatic heterocycles. The van der Waals surface area contributed by atoms with Gasteiger partial charge in [0.25, 0.3) is 5.69 Å². The summed E-state index contributed by atoms with van der Waals surface area (Å²) in [4.78, 5) is 14.1. The molecule has 0 amide bonds. The van der Waals surface area contributed by atoms with E-state index in [1.165, 1.54) is 12.3 Å². The first-order valence-electron chi connectivity index (χ1n) is 6.57. The Labute approximate surface area is 128 Å². The fourth-order valence-electron chi connectivity index (χ4n) is 2.42. The average Bonchev–Trinajstić information content (AvgIpc) is 2.53. The van der Waals surface area contributed by atoms with Crippen molar-refractivity contribution in [1.29, 1.82) is 0 Å². The third-order valence-electron chi connectivity index (χ3n) is 3.45. The average molecular weight is 318 g/mol. The molecule has 0 aliphatic heterocycles. The Morgan fingerprint density at radius 2 is 1.78 bits per heavy atom. The number of nitro benzene ring substituents is 1. The smallest absolute Gasteiger partial charge is 0.258 e. The molecule has 4 nitrogen and oxygen atoms in total. The Bertz CT molecular complexity index is 902. The fourth-order valence-corrected chi connectivity index (χ4v) is 2.42. The first kappa shape index (κ1) is 15.0. The lowest BCUT2D eigenvalue weighted by molar-refractivity contribution is -0.388. The number of benzene rings is 2. The monoisotopic (exact) mass is 318 g/mol. The van der Waals surface area contributed by atoms with E-state index in [1.54, 1.807) is 18.2 Å². The molecule has 2 aromatic carbocycles. The van der Waals surface area contributed by atoms with Gasteiger partial charge in [-0.1, -0.05) is 30.3 Å². The van der Waals surface area contributed by atoms with Crippen molar-refractivity contribution in [2.24, 2.45) is 0 Å². The van der Waals surface area contributed by atoms with Crippen LogP contribution in [-0.2, 0) is 6.18 Å². The molecule has 23 heavy (non-hydrogen) atoms. The maximum Gasteiger partial charge on any atom is 0.422 e. The molecule has 0 saturated carbocycles. The van der Waals surface area contributed by atoms with Gasteiger partial charge in [-0.25, -0.2) is 0 Å². The molecule has 0 fully saturated rings. The van der Waals surface area contributed by atoms with Crippen LogP contribution in [0, 0.1) is 10.1 Å². The van der Waals surface area contributed by atoms with E-state index < -0.39 is 22.4 Å². The van der Waals surface area contributed by atoms with Gasteiger partial charge in [0.1, 0.15) is 5.56 Å². The van der Waals surface area contributed by atoms with Crippen LogP contribution >= 0.6 is 0 Å². The summed E-state index contributed by atoms with van der Waals surface area (Å²) in [6, 6.07) is 11.8. The van der Waals surface area contributed by atoms with E-state index in [1.807, 2.05) is 12.1 Å². The summed E-state index contributed by atoms with van der Waals surface area (Å²) in [5.41, 5.74) is -1.59. The standard InChI is InChI=1S/C16H9F3N2O2/c17-16(18,19)13-6-5-11(9-14(13)21(22)23)15-12-4-2-1-3-10(12)7-8-20-15/h1-9H. The van der Waals surface area contributed by atoms with Gasteiger partial charge in [-0.15, -0.1) is 0 Å². The molecular formula is C16H9F3N2O2. The summed E-state index contributed by atoms with van der Waals surface area (Å²) in [6.45, 7) is 0. The topological polar surface area (TPSA) is 56.0 Å². The summed E-state index contributed by atoms with van der Waals surface area (Å²) in [5, 5.41) is 12.6. The lowest BCUT2D eigenvalue weighted by Crippen LogP contribution is -2.09. The minimum Gasteiger partial charge on any atom is -0.258 e. The van der Waals surface area contributed by atoms with E-state index in [0.29, 0.717) is 11.1 Å². The molecule has 0 radical (unpaired) electrons. The van der Waals surface area contributed by atoms with Crippen LogP contribution in [0.1, 0.15) is 5.56 Å². The number of rotatable bonds is 2. The van der Waals surface area contributed by atoms with Gasteiger partial charge in [-0.2, -0.15) is 13.2 Å². The van der Waals surface area contributed by atoms with E-state index >= 15 is 0 Å². The molecule has 3 aromatic rings. The van der Waals surface area contributed by atoms with E-state index in [9.17, 15) is 23.3 Å². The van der Waals surface area contributed by atoms with Crippen LogP contribution in [0.15, 0.2) is 54.7 Å². The van der Waals surface area contributed by atoms with Crippen molar-refractivity contribution in [1.82, 2.24) is 4.98 Å². The van der Waals surface area contributed by atoms with Gasteiger partial charge in [-0.3, -0.25) is 15.1 Å². The van der Waals surface area contributed by atoms with Crippen LogP contribution in [0.5, 0.6) is 0 Å². The van der Waals surface area contributed by atoms with E-state index in [0.717, 1.165) is 17.5 Å². The molecule has 0 aliphatic carbocycles. The van der Waals surface area contributed by atoms with Crippen molar-refractivity contribution < 1.29 is 18.1 Å². The molecule has 1 heterocycles. The molecule has 0 atom stereocenters. The third-order valence-corrected chi connectivity index (χ3v) is 3.45. The Morgan fingerprint density at radius 1 is 1.04 bits per heavy atom.